The Morgan fingerprint density at radius 1 is 1.29 bits per heavy atom. The van der Waals surface area contributed by atoms with Gasteiger partial charge in [-0.05, 0) is 12.1 Å². The Bertz CT molecular complexity index is 417. The van der Waals surface area contributed by atoms with Crippen LogP contribution in [-0.2, 0) is 0 Å². The van der Waals surface area contributed by atoms with Gasteiger partial charge in [0, 0.05) is 19.7 Å². The molecular weight excluding hydrogens is 220 g/mol. The van der Waals surface area contributed by atoms with Crippen molar-refractivity contribution in [1.82, 2.24) is 15.6 Å². The van der Waals surface area contributed by atoms with E-state index in [9.17, 15) is 9.59 Å². The highest BCUT2D eigenvalue weighted by atomic mass is 16.2. The van der Waals surface area contributed by atoms with Gasteiger partial charge in [0.15, 0.2) is 0 Å². The van der Waals surface area contributed by atoms with Crippen LogP contribution in [0.25, 0.3) is 0 Å². The summed E-state index contributed by atoms with van der Waals surface area (Å²) >= 11 is 0. The Hall–Kier alpha value is -2.37. The van der Waals surface area contributed by atoms with Crippen molar-refractivity contribution < 1.29 is 9.59 Å². The Labute approximate surface area is 99.3 Å². The quantitative estimate of drug-likeness (QED) is 0.457. The number of urea groups is 1. The summed E-state index contributed by atoms with van der Waals surface area (Å²) in [7, 11) is 3.03. The molecule has 0 fully saturated rings. The van der Waals surface area contributed by atoms with Crippen LogP contribution in [0.4, 0.5) is 4.79 Å². The third-order valence-corrected chi connectivity index (χ3v) is 1.97. The molecule has 0 unspecified atom stereocenters. The summed E-state index contributed by atoms with van der Waals surface area (Å²) in [5.41, 5.74) is 2.82. The van der Waals surface area contributed by atoms with Gasteiger partial charge in [-0.25, -0.2) is 10.2 Å². The van der Waals surface area contributed by atoms with Crippen LogP contribution in [0.15, 0.2) is 35.4 Å². The molecule has 0 saturated heterocycles. The summed E-state index contributed by atoms with van der Waals surface area (Å²) < 4.78 is 0. The second kappa shape index (κ2) is 6.26. The lowest BCUT2D eigenvalue weighted by atomic mass is 10.2. The smallest absolute Gasteiger partial charge is 0.322 e. The molecule has 17 heavy (non-hydrogen) atoms. The lowest BCUT2D eigenvalue weighted by Gasteiger charge is -2.09. The molecule has 90 valence electrons. The summed E-state index contributed by atoms with van der Waals surface area (Å²) in [6, 6.07) is 8.37. The second-order valence-electron chi connectivity index (χ2n) is 3.22. The first-order chi connectivity index (χ1) is 8.15. The molecular formula is C11H14N4O2. The number of nitrogens with one attached hydrogen (secondary N) is 2. The van der Waals surface area contributed by atoms with Crippen molar-refractivity contribution >= 4 is 18.3 Å². The number of hydrogen-bond donors (Lipinski definition) is 2. The number of amides is 3. The molecule has 2 N–H and O–H groups in total. The molecule has 0 bridgehead atoms. The highest BCUT2D eigenvalue weighted by molar-refractivity contribution is 5.94. The predicted molar refractivity (Wildman–Crippen MR) is 64.6 cm³/mol. The minimum atomic E-state index is -0.327. The summed E-state index contributed by atoms with van der Waals surface area (Å²) in [5.74, 6) is -0.327. The number of rotatable bonds is 3. The van der Waals surface area contributed by atoms with Gasteiger partial charge >= 0.3 is 6.03 Å². The molecule has 3 amide bonds. The third-order valence-electron chi connectivity index (χ3n) is 1.97. The average Bonchev–Trinajstić information content (AvgIpc) is 2.38. The fourth-order valence-electron chi connectivity index (χ4n) is 1.06. The zero-order valence-corrected chi connectivity index (χ0v) is 9.68. The highest BCUT2D eigenvalue weighted by Gasteiger charge is 2.03. The number of benzene rings is 1. The van der Waals surface area contributed by atoms with E-state index in [1.165, 1.54) is 25.3 Å². The predicted octanol–water partition coefficient (Wildman–Crippen LogP) is 0.631. The normalized spacial score (nSPS) is 10.0. The van der Waals surface area contributed by atoms with Crippen molar-refractivity contribution in [2.24, 2.45) is 5.10 Å². The standard InChI is InChI=1S/C11H14N4O2/c1-12-11(17)15(2)8-13-14-10(16)9-6-4-3-5-7-9/h3-8H,1-2H3,(H,12,17)(H,14,16)/b13-8+. The molecule has 0 saturated carbocycles. The van der Waals surface area contributed by atoms with E-state index in [0.717, 1.165) is 0 Å². The van der Waals surface area contributed by atoms with Gasteiger partial charge < -0.3 is 5.32 Å². The fourth-order valence-corrected chi connectivity index (χ4v) is 1.06. The van der Waals surface area contributed by atoms with E-state index >= 15 is 0 Å². The van der Waals surface area contributed by atoms with Crippen molar-refractivity contribution in [1.29, 1.82) is 0 Å². The molecule has 1 rings (SSSR count). The van der Waals surface area contributed by atoms with Crippen LogP contribution in [0.5, 0.6) is 0 Å². The van der Waals surface area contributed by atoms with Crippen LogP contribution in [0.1, 0.15) is 10.4 Å². The fraction of sp³-hybridized carbons (Fsp3) is 0.182. The Kier molecular flexibility index (Phi) is 4.68. The van der Waals surface area contributed by atoms with Crippen molar-refractivity contribution in [3.63, 3.8) is 0 Å². The van der Waals surface area contributed by atoms with E-state index in [0.29, 0.717) is 5.56 Å². The zero-order valence-electron chi connectivity index (χ0n) is 9.68. The molecule has 0 aromatic heterocycles. The Morgan fingerprint density at radius 3 is 2.53 bits per heavy atom. The first-order valence-corrected chi connectivity index (χ1v) is 4.98. The van der Waals surface area contributed by atoms with Crippen LogP contribution < -0.4 is 10.7 Å². The van der Waals surface area contributed by atoms with E-state index in [-0.39, 0.29) is 11.9 Å². The van der Waals surface area contributed by atoms with Crippen LogP contribution >= 0.6 is 0 Å². The average molecular weight is 234 g/mol. The van der Waals surface area contributed by atoms with Gasteiger partial charge in [-0.1, -0.05) is 18.2 Å². The van der Waals surface area contributed by atoms with E-state index in [1.807, 2.05) is 6.07 Å². The molecule has 0 aliphatic rings. The Morgan fingerprint density at radius 2 is 1.94 bits per heavy atom. The number of nitrogens with zero attached hydrogens (tertiary/aromatic N) is 2. The SMILES string of the molecule is CNC(=O)N(C)/C=N/NC(=O)c1ccccc1. The molecule has 0 heterocycles. The van der Waals surface area contributed by atoms with Crippen LogP contribution in [0.3, 0.4) is 0 Å². The molecule has 0 aliphatic heterocycles. The highest BCUT2D eigenvalue weighted by Crippen LogP contribution is 1.97. The van der Waals surface area contributed by atoms with Crippen molar-refractivity contribution in [3.8, 4) is 0 Å². The van der Waals surface area contributed by atoms with Gasteiger partial charge in [0.25, 0.3) is 5.91 Å². The van der Waals surface area contributed by atoms with Crippen molar-refractivity contribution in [2.75, 3.05) is 14.1 Å². The number of carbonyl (C=O) groups excluding carboxylic acids is 2. The molecule has 0 radical (unpaired) electrons. The summed E-state index contributed by atoms with van der Waals surface area (Å²) in [5, 5.41) is 6.07. The summed E-state index contributed by atoms with van der Waals surface area (Å²) in [6.07, 6.45) is 1.22. The maximum absolute atomic E-state index is 11.5. The van der Waals surface area contributed by atoms with Crippen LogP contribution in [-0.4, -0.2) is 37.3 Å². The minimum absolute atomic E-state index is 0.317. The van der Waals surface area contributed by atoms with Gasteiger partial charge in [0.05, 0.1) is 0 Å². The van der Waals surface area contributed by atoms with Crippen LogP contribution in [0.2, 0.25) is 0 Å². The maximum Gasteiger partial charge on any atom is 0.322 e. The van der Waals surface area contributed by atoms with E-state index < -0.39 is 0 Å². The molecule has 1 aromatic carbocycles. The number of hydrazone groups is 1. The van der Waals surface area contributed by atoms with Gasteiger partial charge in [-0.2, -0.15) is 5.10 Å². The molecule has 0 atom stereocenters. The van der Waals surface area contributed by atoms with Gasteiger partial charge in [-0.3, -0.25) is 9.69 Å². The second-order valence-corrected chi connectivity index (χ2v) is 3.22. The van der Waals surface area contributed by atoms with E-state index in [2.05, 4.69) is 15.8 Å². The van der Waals surface area contributed by atoms with Gasteiger partial charge in [0.1, 0.15) is 6.34 Å². The maximum atomic E-state index is 11.5. The molecule has 0 aliphatic carbocycles. The first kappa shape index (κ1) is 12.7. The number of hydrogen-bond acceptors (Lipinski definition) is 3. The number of carbonyl (C=O) groups is 2. The lowest BCUT2D eigenvalue weighted by molar-refractivity contribution is 0.0954. The van der Waals surface area contributed by atoms with Crippen molar-refractivity contribution in [3.05, 3.63) is 35.9 Å². The van der Waals surface area contributed by atoms with E-state index in [4.69, 9.17) is 0 Å². The molecule has 6 nitrogen and oxygen atoms in total. The lowest BCUT2D eigenvalue weighted by Crippen LogP contribution is -2.34. The van der Waals surface area contributed by atoms with Crippen LogP contribution in [0, 0.1) is 0 Å². The minimum Gasteiger partial charge on any atom is -0.341 e. The topological polar surface area (TPSA) is 73.8 Å². The van der Waals surface area contributed by atoms with E-state index in [1.54, 1.807) is 24.3 Å². The summed E-state index contributed by atoms with van der Waals surface area (Å²) in [4.78, 5) is 23.8. The van der Waals surface area contributed by atoms with Gasteiger partial charge in [0.2, 0.25) is 0 Å². The molecule has 1 aromatic rings. The van der Waals surface area contributed by atoms with Gasteiger partial charge in [-0.15, -0.1) is 0 Å². The monoisotopic (exact) mass is 234 g/mol. The largest absolute Gasteiger partial charge is 0.341 e. The zero-order chi connectivity index (χ0) is 12.7. The summed E-state index contributed by atoms with van der Waals surface area (Å²) in [6.45, 7) is 0. The molecule has 0 spiro atoms. The molecule has 6 heteroatoms. The third kappa shape index (κ3) is 3.94. The van der Waals surface area contributed by atoms with Crippen molar-refractivity contribution in [2.45, 2.75) is 0 Å². The Balaban J connectivity index is 2.49. The first-order valence-electron chi connectivity index (χ1n) is 4.98.